The molecule has 2 aromatic rings. The number of rotatable bonds is 7. The van der Waals surface area contributed by atoms with Crippen LogP contribution in [-0.2, 0) is 23.1 Å². The fourth-order valence-corrected chi connectivity index (χ4v) is 5.16. The van der Waals surface area contributed by atoms with Gasteiger partial charge in [-0.2, -0.15) is 4.98 Å². The van der Waals surface area contributed by atoms with Gasteiger partial charge in [-0.05, 0) is 5.53 Å². The van der Waals surface area contributed by atoms with Crippen molar-refractivity contribution in [2.24, 2.45) is 5.11 Å². The van der Waals surface area contributed by atoms with Gasteiger partial charge in [-0.15, -0.1) is 0 Å². The molecule has 33 heavy (non-hydrogen) atoms. The molecule has 4 rings (SSSR count). The lowest BCUT2D eigenvalue weighted by molar-refractivity contribution is -0.245. The summed E-state index contributed by atoms with van der Waals surface area (Å²) in [7, 11) is -4.59. The number of aromatic nitrogens is 4. The lowest BCUT2D eigenvalue weighted by atomic mass is 10.1. The molecule has 178 valence electrons. The van der Waals surface area contributed by atoms with Gasteiger partial charge in [-0.25, -0.2) is 4.98 Å². The predicted molar refractivity (Wildman–Crippen MR) is 110 cm³/mol. The van der Waals surface area contributed by atoms with E-state index in [1.807, 2.05) is 0 Å². The minimum absolute atomic E-state index is 0. The van der Waals surface area contributed by atoms with Crippen LogP contribution < -0.4 is 21.5 Å². The molecule has 5 atom stereocenters. The number of fused-ring (bicyclic) bond motifs is 2. The van der Waals surface area contributed by atoms with E-state index in [9.17, 15) is 24.2 Å². The maximum absolute atomic E-state index is 12.3. The number of aromatic amines is 1. The first kappa shape index (κ1) is 23.5. The molecule has 2 aromatic heterocycles. The van der Waals surface area contributed by atoms with E-state index in [2.05, 4.69) is 34.8 Å². The Hall–Kier alpha value is -2.69. The van der Waals surface area contributed by atoms with Gasteiger partial charge in [0.1, 0.15) is 24.9 Å². The number of aliphatic hydroxyl groups excluding tert-OH is 1. The second-order valence-electron chi connectivity index (χ2n) is 6.84. The van der Waals surface area contributed by atoms with Crippen LogP contribution in [0.15, 0.2) is 15.1 Å². The lowest BCUT2D eigenvalue weighted by Crippen LogP contribution is -2.41. The third kappa shape index (κ3) is 4.83. The van der Waals surface area contributed by atoms with Gasteiger partial charge < -0.3 is 34.8 Å². The van der Waals surface area contributed by atoms with E-state index in [4.69, 9.17) is 20.5 Å². The molecule has 3 unspecified atom stereocenters. The van der Waals surface area contributed by atoms with Crippen molar-refractivity contribution in [1.29, 1.82) is 0 Å². The zero-order chi connectivity index (χ0) is 23.8. The van der Waals surface area contributed by atoms with Gasteiger partial charge in [-0.3, -0.25) is 23.7 Å². The highest BCUT2D eigenvalue weighted by molar-refractivity contribution is 7.99. The third-order valence-corrected chi connectivity index (χ3v) is 6.60. The fourth-order valence-electron chi connectivity index (χ4n) is 3.34. The summed E-state index contributed by atoms with van der Waals surface area (Å²) in [6.45, 7) is -0.550. The third-order valence-electron chi connectivity index (χ3n) is 4.68. The molecule has 0 bridgehead atoms. The van der Waals surface area contributed by atoms with E-state index >= 15 is 0 Å². The van der Waals surface area contributed by atoms with E-state index < -0.39 is 43.8 Å². The number of phosphoric ester groups is 1. The van der Waals surface area contributed by atoms with Crippen LogP contribution in [0.2, 0.25) is 0 Å². The Bertz CT molecular complexity index is 1240. The van der Waals surface area contributed by atoms with Gasteiger partial charge in [0.15, 0.2) is 22.5 Å². The monoisotopic (exact) mass is 503 g/mol. The summed E-state index contributed by atoms with van der Waals surface area (Å²) in [6, 6.07) is 0. The van der Waals surface area contributed by atoms with Gasteiger partial charge in [0.05, 0.1) is 6.61 Å². The summed E-state index contributed by atoms with van der Waals surface area (Å²) < 4.78 is 28.2. The number of H-pyrrole nitrogens is 1. The number of nitrogen functional groups attached to an aromatic ring is 1. The topological polar surface area (TPSA) is 256 Å². The zero-order valence-electron chi connectivity index (χ0n) is 17.6. The molecule has 19 heteroatoms. The van der Waals surface area contributed by atoms with Crippen LogP contribution in [-0.4, -0.2) is 74.3 Å². The normalized spacial score (nSPS) is 28.9. The van der Waals surface area contributed by atoms with Crippen molar-refractivity contribution >= 4 is 42.6 Å². The fraction of sp³-hybridized carbons (Fsp3) is 0.571. The van der Waals surface area contributed by atoms with Gasteiger partial charge in [0.2, 0.25) is 11.9 Å². The molecule has 2 saturated heterocycles. The maximum atomic E-state index is 12.3. The molecule has 1 amide bonds. The summed E-state index contributed by atoms with van der Waals surface area (Å²) in [6.07, 6.45) is -4.83. The highest BCUT2D eigenvalue weighted by atomic mass is 32.2. The van der Waals surface area contributed by atoms with Crippen molar-refractivity contribution in [3.63, 3.8) is 0 Å². The van der Waals surface area contributed by atoms with E-state index in [-0.39, 0.29) is 49.1 Å². The number of nitrogens with two attached hydrogens (primary N) is 1. The van der Waals surface area contributed by atoms with Crippen LogP contribution in [0.5, 0.6) is 0 Å². The molecule has 4 heterocycles. The number of amides is 1. The molecule has 0 radical (unpaired) electrons. The van der Waals surface area contributed by atoms with Crippen LogP contribution in [0.4, 0.5) is 5.95 Å². The molecule has 5 N–H and O–H groups in total. The summed E-state index contributed by atoms with van der Waals surface area (Å²) in [4.78, 5) is 48.7. The minimum Gasteiger partial charge on any atom is -0.756 e. The second kappa shape index (κ2) is 9.28. The average molecular weight is 503 g/mol. The van der Waals surface area contributed by atoms with E-state index in [1.165, 1.54) is 4.57 Å². The lowest BCUT2D eigenvalue weighted by Gasteiger charge is -2.34. The number of hydrogen-bond acceptors (Lipinski definition) is 13. The number of thioether (sulfide) groups is 1. The highest BCUT2D eigenvalue weighted by Gasteiger charge is 2.51. The molecule has 0 aliphatic carbocycles. The standard InChI is InChI=1S/C14H18N9O8PS/c15-13-20-10-7(11(26)21-13)19-14(33-2-1-17-6(24)3-18-22-16)23(10)12-8(25)9-5(30-12)4-29-32(27,28)31-9/h5,8-9,12,25H,1-4H2,(H,17,24)(H,27,28)(H3,15,20,21,26)/t5?,8?,9-,12-/m1/s1. The number of nitrogens with one attached hydrogen (secondary N) is 2. The van der Waals surface area contributed by atoms with Gasteiger partial charge in [-0.1, -0.05) is 16.9 Å². The number of anilines is 1. The number of imidazole rings is 1. The highest BCUT2D eigenvalue weighted by Crippen LogP contribution is 2.50. The first-order chi connectivity index (χ1) is 15.7. The van der Waals surface area contributed by atoms with Crippen LogP contribution in [0.25, 0.3) is 21.6 Å². The van der Waals surface area contributed by atoms with Crippen LogP contribution in [0.1, 0.15) is 7.65 Å². The maximum Gasteiger partial charge on any atom is 1.00 e. The molecular weight excluding hydrogens is 485 g/mol. The molecule has 0 aromatic carbocycles. The smallest absolute Gasteiger partial charge is 0.756 e. The average Bonchev–Trinajstić information content (AvgIpc) is 3.26. The Morgan fingerprint density at radius 3 is 3.12 bits per heavy atom. The Kier molecular flexibility index (Phi) is 6.60. The first-order valence-electron chi connectivity index (χ1n) is 9.36. The van der Waals surface area contributed by atoms with E-state index in [0.29, 0.717) is 0 Å². The molecule has 0 saturated carbocycles. The van der Waals surface area contributed by atoms with E-state index in [1.54, 1.807) is 0 Å². The number of aliphatic hydroxyl groups is 1. The number of ether oxygens (including phenoxy) is 1. The van der Waals surface area contributed by atoms with Crippen molar-refractivity contribution < 1.29 is 34.6 Å². The van der Waals surface area contributed by atoms with Crippen molar-refractivity contribution in [2.75, 3.05) is 31.2 Å². The summed E-state index contributed by atoms with van der Waals surface area (Å²) in [5.41, 5.74) is 13.2. The Labute approximate surface area is 189 Å². The number of azide groups is 1. The van der Waals surface area contributed by atoms with Crippen molar-refractivity contribution in [3.8, 4) is 0 Å². The predicted octanol–water partition coefficient (Wildman–Crippen LogP) is -1.52. The first-order valence-corrected chi connectivity index (χ1v) is 11.8. The molecule has 0 spiro atoms. The summed E-state index contributed by atoms with van der Waals surface area (Å²) in [5, 5.41) is 16.7. The van der Waals surface area contributed by atoms with E-state index in [0.717, 1.165) is 11.8 Å². The number of carbonyl (C=O) groups is 1. The number of carbonyl (C=O) groups excluding carboxylic acids is 1. The number of phosphoric acid groups is 1. The summed E-state index contributed by atoms with van der Waals surface area (Å²) in [5.74, 6) is -0.418. The largest absolute Gasteiger partial charge is 1.00 e. The van der Waals surface area contributed by atoms with Crippen LogP contribution in [0.3, 0.4) is 0 Å². The molecular formula is C14H18N9O8PS. The quantitative estimate of drug-likeness (QED) is 0.0838. The van der Waals surface area contributed by atoms with Crippen molar-refractivity contribution in [3.05, 3.63) is 20.8 Å². The Balaban J connectivity index is 0.00000324. The zero-order valence-corrected chi connectivity index (χ0v) is 18.3. The van der Waals surface area contributed by atoms with Gasteiger partial charge >= 0.3 is 1.43 Å². The van der Waals surface area contributed by atoms with Gasteiger partial charge in [0.25, 0.3) is 13.4 Å². The molecule has 2 aliphatic rings. The van der Waals surface area contributed by atoms with Crippen molar-refractivity contribution in [2.45, 2.75) is 29.7 Å². The SMILES string of the molecule is [H+].[N-]=[N+]=NCC(=O)NCCSc1nc2c(=O)[nH]c(N)nc2n1[C@@H]1OC2COP(=O)([O-])O[C@H]2C1O. The second-order valence-corrected chi connectivity index (χ2v) is 9.27. The molecule has 2 aliphatic heterocycles. The molecule has 2 fully saturated rings. The number of nitrogens with zero attached hydrogens (tertiary/aromatic N) is 6. The Morgan fingerprint density at radius 1 is 1.58 bits per heavy atom. The minimum atomic E-state index is -4.59. The number of hydrogen-bond donors (Lipinski definition) is 4. The Morgan fingerprint density at radius 2 is 2.36 bits per heavy atom. The van der Waals surface area contributed by atoms with Crippen molar-refractivity contribution in [1.82, 2.24) is 24.8 Å². The van der Waals surface area contributed by atoms with Gasteiger partial charge in [0, 0.05) is 17.2 Å². The summed E-state index contributed by atoms with van der Waals surface area (Å²) >= 11 is 1.10. The van der Waals surface area contributed by atoms with Crippen LogP contribution >= 0.6 is 19.6 Å². The molecule has 17 nitrogen and oxygen atoms in total. The van der Waals surface area contributed by atoms with Crippen LogP contribution in [0, 0.1) is 0 Å².